The zero-order chi connectivity index (χ0) is 10.3. The first-order chi connectivity index (χ1) is 6.02. The van der Waals surface area contributed by atoms with Gasteiger partial charge in [0.1, 0.15) is 6.29 Å². The van der Waals surface area contributed by atoms with Crippen LogP contribution in [0.1, 0.15) is 53.4 Å². The lowest BCUT2D eigenvalue weighted by Crippen LogP contribution is -2.09. The molecule has 0 aliphatic heterocycles. The summed E-state index contributed by atoms with van der Waals surface area (Å²) in [5.41, 5.74) is 1.42. The Hall–Kier alpha value is -0.590. The lowest BCUT2D eigenvalue weighted by molar-refractivity contribution is -0.104. The molecule has 0 atom stereocenters. The van der Waals surface area contributed by atoms with E-state index in [4.69, 9.17) is 0 Å². The maximum Gasteiger partial charge on any atom is 0.142 e. The average Bonchev–Trinajstić information content (AvgIpc) is 2.01. The second-order valence-corrected chi connectivity index (χ2v) is 4.54. The predicted octanol–water partition coefficient (Wildman–Crippen LogP) is 3.74. The highest BCUT2D eigenvalue weighted by atomic mass is 16.1. The van der Waals surface area contributed by atoms with E-state index in [0.29, 0.717) is 0 Å². The van der Waals surface area contributed by atoms with Crippen LogP contribution in [0, 0.1) is 5.41 Å². The summed E-state index contributed by atoms with van der Waals surface area (Å²) in [6, 6.07) is 0. The van der Waals surface area contributed by atoms with E-state index in [1.165, 1.54) is 24.8 Å². The van der Waals surface area contributed by atoms with Crippen molar-refractivity contribution < 1.29 is 4.79 Å². The molecule has 0 aromatic carbocycles. The summed E-state index contributed by atoms with van der Waals surface area (Å²) in [7, 11) is 0. The van der Waals surface area contributed by atoms with Gasteiger partial charge in [0.25, 0.3) is 0 Å². The van der Waals surface area contributed by atoms with Gasteiger partial charge in [-0.3, -0.25) is 4.79 Å². The third-order valence-corrected chi connectivity index (χ3v) is 2.28. The topological polar surface area (TPSA) is 17.1 Å². The molecule has 13 heavy (non-hydrogen) atoms. The van der Waals surface area contributed by atoms with Gasteiger partial charge in [-0.25, -0.2) is 0 Å². The van der Waals surface area contributed by atoms with Crippen LogP contribution in [0.3, 0.4) is 0 Å². The standard InChI is InChI=1S/C12H22O/c1-5-6-7-8-11(9-10-13)12(2,3)4/h9-10H,5-8H2,1-4H3/b11-9-. The molecule has 0 spiro atoms. The van der Waals surface area contributed by atoms with Gasteiger partial charge in [0.2, 0.25) is 0 Å². The number of hydrogen-bond acceptors (Lipinski definition) is 1. The van der Waals surface area contributed by atoms with Crippen LogP contribution in [-0.4, -0.2) is 6.29 Å². The van der Waals surface area contributed by atoms with Gasteiger partial charge in [0, 0.05) is 0 Å². The van der Waals surface area contributed by atoms with Crippen LogP contribution < -0.4 is 0 Å². The van der Waals surface area contributed by atoms with Crippen molar-refractivity contribution in [1.82, 2.24) is 0 Å². The Morgan fingerprint density at radius 1 is 1.23 bits per heavy atom. The van der Waals surface area contributed by atoms with E-state index in [9.17, 15) is 4.79 Å². The van der Waals surface area contributed by atoms with Gasteiger partial charge in [-0.2, -0.15) is 0 Å². The highest BCUT2D eigenvalue weighted by molar-refractivity contribution is 5.66. The van der Waals surface area contributed by atoms with E-state index < -0.39 is 0 Å². The first kappa shape index (κ1) is 12.4. The highest BCUT2D eigenvalue weighted by Gasteiger charge is 2.15. The molecule has 0 heterocycles. The van der Waals surface area contributed by atoms with Crippen molar-refractivity contribution in [2.75, 3.05) is 0 Å². The van der Waals surface area contributed by atoms with Crippen LogP contribution >= 0.6 is 0 Å². The van der Waals surface area contributed by atoms with Gasteiger partial charge in [0.15, 0.2) is 0 Å². The summed E-state index contributed by atoms with van der Waals surface area (Å²) >= 11 is 0. The minimum Gasteiger partial charge on any atom is -0.299 e. The molecule has 0 radical (unpaired) electrons. The molecule has 0 aliphatic carbocycles. The quantitative estimate of drug-likeness (QED) is 0.359. The SMILES string of the molecule is CCCCC/C(=C/C=O)C(C)(C)C. The second-order valence-electron chi connectivity index (χ2n) is 4.54. The maximum absolute atomic E-state index is 10.4. The van der Waals surface area contributed by atoms with E-state index in [1.54, 1.807) is 6.08 Å². The molecule has 0 aromatic heterocycles. The van der Waals surface area contributed by atoms with Crippen LogP contribution in [0.2, 0.25) is 0 Å². The van der Waals surface area contributed by atoms with Crippen LogP contribution in [0.15, 0.2) is 11.6 Å². The Bertz CT molecular complexity index is 172. The number of carbonyl (C=O) groups excluding carboxylic acids is 1. The lowest BCUT2D eigenvalue weighted by atomic mass is 9.83. The molecular formula is C12H22O. The van der Waals surface area contributed by atoms with Crippen molar-refractivity contribution >= 4 is 6.29 Å². The number of allylic oxidation sites excluding steroid dienone is 2. The lowest BCUT2D eigenvalue weighted by Gasteiger charge is -2.22. The van der Waals surface area contributed by atoms with Crippen molar-refractivity contribution in [2.24, 2.45) is 5.41 Å². The monoisotopic (exact) mass is 182 g/mol. The fourth-order valence-electron chi connectivity index (χ4n) is 1.36. The molecule has 0 N–H and O–H groups in total. The third-order valence-electron chi connectivity index (χ3n) is 2.28. The number of carbonyl (C=O) groups is 1. The van der Waals surface area contributed by atoms with Crippen LogP contribution in [0.5, 0.6) is 0 Å². The van der Waals surface area contributed by atoms with Crippen molar-refractivity contribution in [1.29, 1.82) is 0 Å². The van der Waals surface area contributed by atoms with Crippen LogP contribution in [0.4, 0.5) is 0 Å². The second kappa shape index (κ2) is 5.95. The fraction of sp³-hybridized carbons (Fsp3) is 0.750. The van der Waals surface area contributed by atoms with Crippen molar-refractivity contribution in [3.63, 3.8) is 0 Å². The molecule has 0 saturated heterocycles. The first-order valence-electron chi connectivity index (χ1n) is 5.17. The Morgan fingerprint density at radius 3 is 2.23 bits per heavy atom. The van der Waals surface area contributed by atoms with Gasteiger partial charge in [-0.05, 0) is 24.3 Å². The van der Waals surface area contributed by atoms with E-state index >= 15 is 0 Å². The van der Waals surface area contributed by atoms with Gasteiger partial charge >= 0.3 is 0 Å². The summed E-state index contributed by atoms with van der Waals surface area (Å²) in [5.74, 6) is 0. The molecule has 1 heteroatoms. The minimum absolute atomic E-state index is 0.147. The molecule has 0 rings (SSSR count). The number of aldehydes is 1. The van der Waals surface area contributed by atoms with E-state index in [2.05, 4.69) is 27.7 Å². The van der Waals surface area contributed by atoms with Crippen molar-refractivity contribution in [2.45, 2.75) is 53.4 Å². The first-order valence-corrected chi connectivity index (χ1v) is 5.17. The highest BCUT2D eigenvalue weighted by Crippen LogP contribution is 2.28. The third kappa shape index (κ3) is 5.62. The molecule has 0 unspecified atom stereocenters. The average molecular weight is 182 g/mol. The molecule has 0 saturated carbocycles. The number of rotatable bonds is 5. The van der Waals surface area contributed by atoms with E-state index in [1.807, 2.05) is 0 Å². The zero-order valence-electron chi connectivity index (χ0n) is 9.39. The van der Waals surface area contributed by atoms with Crippen LogP contribution in [-0.2, 0) is 4.79 Å². The Morgan fingerprint density at radius 2 is 1.85 bits per heavy atom. The zero-order valence-corrected chi connectivity index (χ0v) is 9.39. The Kier molecular flexibility index (Phi) is 5.68. The van der Waals surface area contributed by atoms with Gasteiger partial charge in [-0.1, -0.05) is 46.1 Å². The van der Waals surface area contributed by atoms with Crippen LogP contribution in [0.25, 0.3) is 0 Å². The normalized spacial score (nSPS) is 13.1. The molecule has 0 aromatic rings. The van der Waals surface area contributed by atoms with E-state index in [-0.39, 0.29) is 5.41 Å². The fourth-order valence-corrected chi connectivity index (χ4v) is 1.36. The van der Waals surface area contributed by atoms with Gasteiger partial charge in [-0.15, -0.1) is 0 Å². The summed E-state index contributed by atoms with van der Waals surface area (Å²) in [6.07, 6.45) is 7.40. The van der Waals surface area contributed by atoms with Gasteiger partial charge < -0.3 is 0 Å². The molecule has 0 amide bonds. The summed E-state index contributed by atoms with van der Waals surface area (Å²) in [5, 5.41) is 0. The smallest absolute Gasteiger partial charge is 0.142 e. The Labute approximate surface area is 82.2 Å². The number of hydrogen-bond donors (Lipinski definition) is 0. The summed E-state index contributed by atoms with van der Waals surface area (Å²) in [4.78, 5) is 10.4. The molecule has 0 aliphatic rings. The molecular weight excluding hydrogens is 160 g/mol. The van der Waals surface area contributed by atoms with Crippen molar-refractivity contribution in [3.8, 4) is 0 Å². The van der Waals surface area contributed by atoms with Crippen molar-refractivity contribution in [3.05, 3.63) is 11.6 Å². The number of unbranched alkanes of at least 4 members (excludes halogenated alkanes) is 2. The molecule has 0 fully saturated rings. The molecule has 0 bridgehead atoms. The molecule has 76 valence electrons. The molecule has 1 nitrogen and oxygen atoms in total. The van der Waals surface area contributed by atoms with Gasteiger partial charge in [0.05, 0.1) is 0 Å². The largest absolute Gasteiger partial charge is 0.299 e. The van der Waals surface area contributed by atoms with E-state index in [0.717, 1.165) is 12.7 Å². The maximum atomic E-state index is 10.4. The minimum atomic E-state index is 0.147. The summed E-state index contributed by atoms with van der Waals surface area (Å²) < 4.78 is 0. The Balaban J connectivity index is 4.12. The predicted molar refractivity (Wildman–Crippen MR) is 57.7 cm³/mol. The summed E-state index contributed by atoms with van der Waals surface area (Å²) in [6.45, 7) is 8.68.